The third-order valence-corrected chi connectivity index (χ3v) is 2.46. The first-order valence-electron chi connectivity index (χ1n) is 5.66. The number of aryl methyl sites for hydroxylation is 2. The van der Waals surface area contributed by atoms with E-state index in [1.807, 2.05) is 38.1 Å². The number of anilines is 2. The molecule has 4 N–H and O–H groups in total. The van der Waals surface area contributed by atoms with E-state index in [9.17, 15) is 4.79 Å². The molecule has 18 heavy (non-hydrogen) atoms. The van der Waals surface area contributed by atoms with Crippen molar-refractivity contribution in [1.29, 1.82) is 0 Å². The van der Waals surface area contributed by atoms with E-state index in [-0.39, 0.29) is 0 Å². The summed E-state index contributed by atoms with van der Waals surface area (Å²) in [6.07, 6.45) is 0.828. The highest BCUT2D eigenvalue weighted by Crippen LogP contribution is 2.09. The summed E-state index contributed by atoms with van der Waals surface area (Å²) in [5.74, 6) is 0. The summed E-state index contributed by atoms with van der Waals surface area (Å²) in [6.45, 7) is 3.89. The Morgan fingerprint density at radius 1 is 0.944 bits per heavy atom. The summed E-state index contributed by atoms with van der Waals surface area (Å²) < 4.78 is 0. The SMILES string of the molecule is Cc1cc(N)ccc1C=O.Cc1cccc(N)c1. The first-order valence-corrected chi connectivity index (χ1v) is 5.66. The third-order valence-electron chi connectivity index (χ3n) is 2.46. The molecular weight excluding hydrogens is 224 g/mol. The topological polar surface area (TPSA) is 69.1 Å². The molecule has 0 unspecified atom stereocenters. The first kappa shape index (κ1) is 13.8. The van der Waals surface area contributed by atoms with Crippen molar-refractivity contribution in [3.8, 4) is 0 Å². The number of hydrogen-bond donors (Lipinski definition) is 2. The van der Waals surface area contributed by atoms with Crippen molar-refractivity contribution >= 4 is 17.7 Å². The van der Waals surface area contributed by atoms with Gasteiger partial charge in [0.05, 0.1) is 0 Å². The Hall–Kier alpha value is -2.29. The summed E-state index contributed by atoms with van der Waals surface area (Å²) >= 11 is 0. The van der Waals surface area contributed by atoms with Crippen LogP contribution in [0.25, 0.3) is 0 Å². The number of carbonyl (C=O) groups is 1. The van der Waals surface area contributed by atoms with Crippen molar-refractivity contribution in [3.63, 3.8) is 0 Å². The maximum Gasteiger partial charge on any atom is 0.150 e. The molecule has 0 radical (unpaired) electrons. The fourth-order valence-electron chi connectivity index (χ4n) is 1.50. The maximum atomic E-state index is 10.3. The molecule has 94 valence electrons. The molecule has 0 saturated carbocycles. The number of rotatable bonds is 1. The van der Waals surface area contributed by atoms with Gasteiger partial charge in [-0.1, -0.05) is 12.1 Å². The minimum atomic E-state index is 0.697. The summed E-state index contributed by atoms with van der Waals surface area (Å²) in [5, 5.41) is 0. The Bertz CT molecular complexity index is 519. The van der Waals surface area contributed by atoms with E-state index in [0.717, 1.165) is 17.5 Å². The van der Waals surface area contributed by atoms with Crippen LogP contribution in [0.4, 0.5) is 11.4 Å². The quantitative estimate of drug-likeness (QED) is 0.596. The fourth-order valence-corrected chi connectivity index (χ4v) is 1.50. The van der Waals surface area contributed by atoms with Crippen molar-refractivity contribution in [2.45, 2.75) is 13.8 Å². The van der Waals surface area contributed by atoms with Gasteiger partial charge in [-0.2, -0.15) is 0 Å². The van der Waals surface area contributed by atoms with Crippen molar-refractivity contribution in [2.24, 2.45) is 0 Å². The van der Waals surface area contributed by atoms with Gasteiger partial charge < -0.3 is 11.5 Å². The standard InChI is InChI=1S/C8H9NO.C7H9N/c1-6-4-8(9)3-2-7(6)5-10;1-6-3-2-4-7(8)5-6/h2-5H,9H2,1H3;2-5H,8H2,1H3. The van der Waals surface area contributed by atoms with Crippen LogP contribution in [-0.4, -0.2) is 6.29 Å². The molecule has 2 aromatic carbocycles. The van der Waals surface area contributed by atoms with Gasteiger partial charge in [-0.05, 0) is 55.3 Å². The van der Waals surface area contributed by atoms with Gasteiger partial charge in [0.1, 0.15) is 6.29 Å². The molecule has 0 amide bonds. The molecule has 0 aliphatic rings. The Labute approximate surface area is 107 Å². The lowest BCUT2D eigenvalue weighted by atomic mass is 10.1. The van der Waals surface area contributed by atoms with E-state index in [4.69, 9.17) is 11.5 Å². The molecule has 0 bridgehead atoms. The van der Waals surface area contributed by atoms with Gasteiger partial charge in [-0.15, -0.1) is 0 Å². The van der Waals surface area contributed by atoms with E-state index >= 15 is 0 Å². The van der Waals surface area contributed by atoms with E-state index in [1.54, 1.807) is 18.2 Å². The van der Waals surface area contributed by atoms with E-state index in [2.05, 4.69) is 0 Å². The van der Waals surface area contributed by atoms with Crippen molar-refractivity contribution in [1.82, 2.24) is 0 Å². The monoisotopic (exact) mass is 242 g/mol. The number of nitrogen functional groups attached to an aromatic ring is 2. The smallest absolute Gasteiger partial charge is 0.150 e. The minimum Gasteiger partial charge on any atom is -0.399 e. The highest BCUT2D eigenvalue weighted by atomic mass is 16.1. The average molecular weight is 242 g/mol. The molecule has 0 aliphatic heterocycles. The number of hydrogen-bond acceptors (Lipinski definition) is 3. The van der Waals surface area contributed by atoms with Crippen LogP contribution >= 0.6 is 0 Å². The van der Waals surface area contributed by atoms with E-state index < -0.39 is 0 Å². The molecule has 0 heterocycles. The molecule has 2 aromatic rings. The molecule has 0 aliphatic carbocycles. The summed E-state index contributed by atoms with van der Waals surface area (Å²) in [7, 11) is 0. The second-order valence-electron chi connectivity index (χ2n) is 4.15. The fraction of sp³-hybridized carbons (Fsp3) is 0.133. The van der Waals surface area contributed by atoms with Gasteiger partial charge in [0.2, 0.25) is 0 Å². The lowest BCUT2D eigenvalue weighted by Gasteiger charge is -1.97. The Morgan fingerprint density at radius 2 is 1.61 bits per heavy atom. The van der Waals surface area contributed by atoms with Crippen molar-refractivity contribution < 1.29 is 4.79 Å². The van der Waals surface area contributed by atoms with Crippen molar-refractivity contribution in [2.75, 3.05) is 11.5 Å². The van der Waals surface area contributed by atoms with Crippen LogP contribution in [0.15, 0.2) is 42.5 Å². The van der Waals surface area contributed by atoms with Crippen LogP contribution in [0.2, 0.25) is 0 Å². The molecule has 3 heteroatoms. The summed E-state index contributed by atoms with van der Waals surface area (Å²) in [5.41, 5.74) is 15.3. The molecule has 0 aromatic heterocycles. The average Bonchev–Trinajstić information content (AvgIpc) is 2.29. The Morgan fingerprint density at radius 3 is 2.06 bits per heavy atom. The lowest BCUT2D eigenvalue weighted by molar-refractivity contribution is 0.112. The van der Waals surface area contributed by atoms with Gasteiger partial charge in [0.25, 0.3) is 0 Å². The minimum absolute atomic E-state index is 0.697. The van der Waals surface area contributed by atoms with Crippen LogP contribution < -0.4 is 11.5 Å². The second kappa shape index (κ2) is 6.45. The zero-order valence-corrected chi connectivity index (χ0v) is 10.7. The number of nitrogens with two attached hydrogens (primary N) is 2. The van der Waals surface area contributed by atoms with Gasteiger partial charge in [-0.3, -0.25) is 4.79 Å². The third kappa shape index (κ3) is 4.29. The van der Waals surface area contributed by atoms with Gasteiger partial charge in [0.15, 0.2) is 0 Å². The molecule has 3 nitrogen and oxygen atoms in total. The normalized spacial score (nSPS) is 9.22. The number of benzene rings is 2. The van der Waals surface area contributed by atoms with E-state index in [0.29, 0.717) is 11.3 Å². The van der Waals surface area contributed by atoms with Gasteiger partial charge in [0, 0.05) is 16.9 Å². The highest BCUT2D eigenvalue weighted by Gasteiger charge is 1.94. The summed E-state index contributed by atoms with van der Waals surface area (Å²) in [4.78, 5) is 10.3. The first-order chi connectivity index (χ1) is 8.52. The Kier molecular flexibility index (Phi) is 4.93. The summed E-state index contributed by atoms with van der Waals surface area (Å²) in [6, 6.07) is 13.0. The number of aldehydes is 1. The molecule has 0 atom stereocenters. The van der Waals surface area contributed by atoms with Gasteiger partial charge >= 0.3 is 0 Å². The van der Waals surface area contributed by atoms with Crippen LogP contribution in [-0.2, 0) is 0 Å². The van der Waals surface area contributed by atoms with Crippen LogP contribution in [0.1, 0.15) is 21.5 Å². The maximum absolute atomic E-state index is 10.3. The predicted octanol–water partition coefficient (Wildman–Crippen LogP) is 2.97. The highest BCUT2D eigenvalue weighted by molar-refractivity contribution is 5.78. The van der Waals surface area contributed by atoms with Gasteiger partial charge in [-0.25, -0.2) is 0 Å². The van der Waals surface area contributed by atoms with E-state index in [1.165, 1.54) is 5.56 Å². The zero-order valence-electron chi connectivity index (χ0n) is 10.7. The van der Waals surface area contributed by atoms with Crippen LogP contribution in [0.3, 0.4) is 0 Å². The zero-order chi connectivity index (χ0) is 13.5. The van der Waals surface area contributed by atoms with Crippen LogP contribution in [0, 0.1) is 13.8 Å². The van der Waals surface area contributed by atoms with Crippen molar-refractivity contribution in [3.05, 3.63) is 59.2 Å². The lowest BCUT2D eigenvalue weighted by Crippen LogP contribution is -1.89. The predicted molar refractivity (Wildman–Crippen MR) is 76.6 cm³/mol. The molecule has 0 fully saturated rings. The number of carbonyl (C=O) groups excluding carboxylic acids is 1. The molecular formula is C15H18N2O. The van der Waals surface area contributed by atoms with Crippen LogP contribution in [0.5, 0.6) is 0 Å². The molecule has 0 spiro atoms. The largest absolute Gasteiger partial charge is 0.399 e. The molecule has 2 rings (SSSR count). The molecule has 0 saturated heterocycles. The second-order valence-corrected chi connectivity index (χ2v) is 4.15. The Balaban J connectivity index is 0.000000184.